The highest BCUT2D eigenvalue weighted by Crippen LogP contribution is 2.60. The Labute approximate surface area is 144 Å². The minimum atomic E-state index is -0.646. The van der Waals surface area contributed by atoms with Crippen LogP contribution in [0.5, 0.6) is 5.75 Å². The highest BCUT2D eigenvalue weighted by Gasteiger charge is 2.54. The zero-order valence-corrected chi connectivity index (χ0v) is 14.5. The van der Waals surface area contributed by atoms with Crippen LogP contribution in [0.2, 0.25) is 0 Å². The van der Waals surface area contributed by atoms with Crippen LogP contribution in [-0.4, -0.2) is 22.1 Å². The topological polar surface area (TPSA) is 57.5 Å². The van der Waals surface area contributed by atoms with Crippen molar-refractivity contribution in [3.8, 4) is 5.75 Å². The second-order valence-corrected chi connectivity index (χ2v) is 8.80. The maximum absolute atomic E-state index is 13.0. The van der Waals surface area contributed by atoms with Gasteiger partial charge in [0, 0.05) is 11.8 Å². The average molecular weight is 328 g/mol. The molecule has 4 bridgehead atoms. The first kappa shape index (κ1) is 16.1. The third-order valence-corrected chi connectivity index (χ3v) is 6.80. The lowest BCUT2D eigenvalue weighted by Gasteiger charge is -2.56. The molecule has 1 unspecified atom stereocenters. The first-order valence-corrected chi connectivity index (χ1v) is 9.43. The van der Waals surface area contributed by atoms with Crippen molar-refractivity contribution < 1.29 is 15.0 Å². The molecule has 24 heavy (non-hydrogen) atoms. The lowest BCUT2D eigenvalue weighted by molar-refractivity contribution is -0.145. The van der Waals surface area contributed by atoms with Crippen molar-refractivity contribution in [1.29, 1.82) is 0 Å². The summed E-state index contributed by atoms with van der Waals surface area (Å²) in [5, 5.41) is 20.2. The summed E-state index contributed by atoms with van der Waals surface area (Å²) in [6.07, 6.45) is 7.24. The zero-order valence-electron chi connectivity index (χ0n) is 14.5. The third-order valence-electron chi connectivity index (χ3n) is 6.80. The van der Waals surface area contributed by atoms with Crippen LogP contribution in [0, 0.1) is 30.1 Å². The number of phenolic OH excluding ortho intramolecular Hbond substituents is 1. The lowest BCUT2D eigenvalue weighted by Crippen LogP contribution is -2.50. The fourth-order valence-electron chi connectivity index (χ4n) is 6.01. The predicted octanol–water partition coefficient (Wildman–Crippen LogP) is 3.78. The van der Waals surface area contributed by atoms with Gasteiger partial charge in [-0.2, -0.15) is 0 Å². The van der Waals surface area contributed by atoms with Crippen LogP contribution in [0.4, 0.5) is 0 Å². The Morgan fingerprint density at radius 1 is 1.17 bits per heavy atom. The number of aryl methyl sites for hydroxylation is 1. The molecule has 3 heteroatoms. The first-order valence-electron chi connectivity index (χ1n) is 9.43. The SMILES string of the molecule is Cc1ccc(CC(O)CC(=O)C23CC4CC(CC(C4)C2)C3)cc1O. The van der Waals surface area contributed by atoms with Gasteiger partial charge in [-0.3, -0.25) is 4.79 Å². The van der Waals surface area contributed by atoms with Crippen LogP contribution in [0.25, 0.3) is 0 Å². The molecule has 1 aromatic carbocycles. The van der Waals surface area contributed by atoms with E-state index >= 15 is 0 Å². The van der Waals surface area contributed by atoms with Crippen molar-refractivity contribution in [2.75, 3.05) is 0 Å². The Kier molecular flexibility index (Phi) is 3.95. The van der Waals surface area contributed by atoms with E-state index in [2.05, 4.69) is 0 Å². The van der Waals surface area contributed by atoms with Gasteiger partial charge in [-0.05, 0) is 86.8 Å². The molecule has 0 spiro atoms. The Morgan fingerprint density at radius 2 is 1.75 bits per heavy atom. The molecule has 4 aliphatic carbocycles. The standard InChI is InChI=1S/C21H28O3/c1-13-2-3-14(8-19(13)23)7-18(22)9-20(24)21-10-15-4-16(11-21)6-17(5-15)12-21/h2-3,8,15-18,22-23H,4-7,9-12H2,1H3. The van der Waals surface area contributed by atoms with E-state index in [9.17, 15) is 15.0 Å². The summed E-state index contributed by atoms with van der Waals surface area (Å²) in [6, 6.07) is 5.49. The second-order valence-electron chi connectivity index (χ2n) is 8.80. The number of Topliss-reactive ketones (excluding diaryl/α,β-unsaturated/α-hetero) is 1. The van der Waals surface area contributed by atoms with Crippen LogP contribution in [0.3, 0.4) is 0 Å². The van der Waals surface area contributed by atoms with Crippen LogP contribution in [0.15, 0.2) is 18.2 Å². The van der Waals surface area contributed by atoms with Crippen molar-refractivity contribution in [3.63, 3.8) is 0 Å². The number of rotatable bonds is 5. The number of aliphatic hydroxyl groups is 1. The van der Waals surface area contributed by atoms with Crippen molar-refractivity contribution in [1.82, 2.24) is 0 Å². The molecule has 4 saturated carbocycles. The van der Waals surface area contributed by atoms with Crippen molar-refractivity contribution in [3.05, 3.63) is 29.3 Å². The van der Waals surface area contributed by atoms with Gasteiger partial charge in [0.1, 0.15) is 11.5 Å². The van der Waals surface area contributed by atoms with Gasteiger partial charge in [0.15, 0.2) is 0 Å². The van der Waals surface area contributed by atoms with Crippen LogP contribution >= 0.6 is 0 Å². The minimum absolute atomic E-state index is 0.120. The van der Waals surface area contributed by atoms with Crippen molar-refractivity contribution in [2.45, 2.75) is 64.4 Å². The molecular weight excluding hydrogens is 300 g/mol. The Balaban J connectivity index is 1.41. The van der Waals surface area contributed by atoms with Crippen molar-refractivity contribution >= 4 is 5.78 Å². The van der Waals surface area contributed by atoms with Crippen LogP contribution in [0.1, 0.15) is 56.1 Å². The number of benzene rings is 1. The molecule has 1 atom stereocenters. The Bertz CT molecular complexity index is 613. The quantitative estimate of drug-likeness (QED) is 0.865. The molecule has 3 nitrogen and oxygen atoms in total. The van der Waals surface area contributed by atoms with E-state index in [1.54, 1.807) is 6.07 Å². The Hall–Kier alpha value is -1.35. The van der Waals surface area contributed by atoms with E-state index < -0.39 is 6.10 Å². The Morgan fingerprint density at radius 3 is 2.29 bits per heavy atom. The summed E-state index contributed by atoms with van der Waals surface area (Å²) in [5.41, 5.74) is 1.60. The molecule has 1 aromatic rings. The van der Waals surface area contributed by atoms with E-state index in [0.29, 0.717) is 12.2 Å². The van der Waals surface area contributed by atoms with Gasteiger partial charge in [0.25, 0.3) is 0 Å². The normalized spacial score (nSPS) is 35.2. The highest BCUT2D eigenvalue weighted by molar-refractivity contribution is 5.85. The molecule has 0 aliphatic heterocycles. The highest BCUT2D eigenvalue weighted by atomic mass is 16.3. The fraction of sp³-hybridized carbons (Fsp3) is 0.667. The lowest BCUT2D eigenvalue weighted by atomic mass is 9.48. The summed E-state index contributed by atoms with van der Waals surface area (Å²) < 4.78 is 0. The van der Waals surface area contributed by atoms with E-state index in [1.807, 2.05) is 19.1 Å². The maximum Gasteiger partial charge on any atom is 0.141 e. The van der Waals surface area contributed by atoms with E-state index in [-0.39, 0.29) is 17.6 Å². The third kappa shape index (κ3) is 2.88. The van der Waals surface area contributed by atoms with Crippen molar-refractivity contribution in [2.24, 2.45) is 23.2 Å². The number of ketones is 1. The molecule has 0 radical (unpaired) electrons. The van der Waals surface area contributed by atoms with Gasteiger partial charge in [-0.1, -0.05) is 12.1 Å². The van der Waals surface area contributed by atoms with Gasteiger partial charge in [-0.15, -0.1) is 0 Å². The molecular formula is C21H28O3. The summed E-state index contributed by atoms with van der Waals surface area (Å²) in [7, 11) is 0. The predicted molar refractivity (Wildman–Crippen MR) is 92.8 cm³/mol. The van der Waals surface area contributed by atoms with Gasteiger partial charge in [-0.25, -0.2) is 0 Å². The first-order chi connectivity index (χ1) is 11.4. The van der Waals surface area contributed by atoms with Crippen LogP contribution in [-0.2, 0) is 11.2 Å². The monoisotopic (exact) mass is 328 g/mol. The molecule has 4 fully saturated rings. The molecule has 5 rings (SSSR count). The van der Waals surface area contributed by atoms with E-state index in [1.165, 1.54) is 19.3 Å². The zero-order chi connectivity index (χ0) is 16.9. The summed E-state index contributed by atoms with van der Waals surface area (Å²) in [5.74, 6) is 2.82. The van der Waals surface area contributed by atoms with E-state index in [0.717, 1.165) is 48.1 Å². The van der Waals surface area contributed by atoms with Gasteiger partial charge < -0.3 is 10.2 Å². The molecule has 2 N–H and O–H groups in total. The number of aliphatic hydroxyl groups excluding tert-OH is 1. The van der Waals surface area contributed by atoms with Crippen LogP contribution < -0.4 is 0 Å². The molecule has 0 saturated heterocycles. The smallest absolute Gasteiger partial charge is 0.141 e. The number of hydrogen-bond donors (Lipinski definition) is 2. The number of carbonyl (C=O) groups is 1. The largest absolute Gasteiger partial charge is 0.508 e. The van der Waals surface area contributed by atoms with Gasteiger partial charge in [0.2, 0.25) is 0 Å². The van der Waals surface area contributed by atoms with E-state index in [4.69, 9.17) is 0 Å². The molecule has 0 heterocycles. The second kappa shape index (κ2) is 5.87. The summed E-state index contributed by atoms with van der Waals surface area (Å²) in [4.78, 5) is 13.0. The summed E-state index contributed by atoms with van der Waals surface area (Å²) in [6.45, 7) is 1.85. The number of phenols is 1. The molecule has 0 aromatic heterocycles. The maximum atomic E-state index is 13.0. The molecule has 130 valence electrons. The number of hydrogen-bond acceptors (Lipinski definition) is 3. The molecule has 4 aliphatic rings. The van der Waals surface area contributed by atoms with Gasteiger partial charge >= 0.3 is 0 Å². The summed E-state index contributed by atoms with van der Waals surface area (Å²) >= 11 is 0. The minimum Gasteiger partial charge on any atom is -0.508 e. The molecule has 0 amide bonds. The average Bonchev–Trinajstić information content (AvgIpc) is 2.49. The fourth-order valence-corrected chi connectivity index (χ4v) is 6.01. The number of aromatic hydroxyl groups is 1. The number of carbonyl (C=O) groups excluding carboxylic acids is 1. The van der Waals surface area contributed by atoms with Gasteiger partial charge in [0.05, 0.1) is 6.10 Å².